The molecule has 1 N–H and O–H groups in total. The van der Waals surface area contributed by atoms with Crippen LogP contribution in [0.15, 0.2) is 24.3 Å². The van der Waals surface area contributed by atoms with Crippen LogP contribution in [0.3, 0.4) is 0 Å². The zero-order valence-electron chi connectivity index (χ0n) is 12.0. The maximum atomic E-state index is 11.9. The Balaban J connectivity index is 1.89. The monoisotopic (exact) mass is 293 g/mol. The van der Waals surface area contributed by atoms with Crippen molar-refractivity contribution in [1.82, 2.24) is 0 Å². The third-order valence-electron chi connectivity index (χ3n) is 2.93. The standard InChI is InChI=1S/C15H19NO5/c1-2-7-21-15(18)11-3-5-12(6-4-11)16-14(17)13-10-19-8-9-20-13/h3-6,13H,2,7-10H2,1H3,(H,16,17). The van der Waals surface area contributed by atoms with E-state index in [1.807, 2.05) is 6.92 Å². The summed E-state index contributed by atoms with van der Waals surface area (Å²) in [4.78, 5) is 23.6. The summed E-state index contributed by atoms with van der Waals surface area (Å²) in [7, 11) is 0. The van der Waals surface area contributed by atoms with Crippen molar-refractivity contribution >= 4 is 17.6 Å². The Hall–Kier alpha value is -1.92. The van der Waals surface area contributed by atoms with Crippen LogP contribution in [0.25, 0.3) is 0 Å². The molecule has 0 radical (unpaired) electrons. The normalized spacial score (nSPS) is 18.0. The predicted molar refractivity (Wildman–Crippen MR) is 76.2 cm³/mol. The summed E-state index contributed by atoms with van der Waals surface area (Å²) in [6.07, 6.45) is 0.191. The molecule has 1 heterocycles. The Kier molecular flexibility index (Phi) is 5.71. The van der Waals surface area contributed by atoms with Gasteiger partial charge < -0.3 is 19.5 Å². The van der Waals surface area contributed by atoms with Crippen LogP contribution in [-0.4, -0.2) is 44.4 Å². The molecule has 114 valence electrons. The second-order valence-electron chi connectivity index (χ2n) is 4.64. The van der Waals surface area contributed by atoms with Gasteiger partial charge in [-0.25, -0.2) is 4.79 Å². The number of carbonyl (C=O) groups is 2. The molecule has 6 heteroatoms. The van der Waals surface area contributed by atoms with E-state index in [1.165, 1.54) is 0 Å². The number of esters is 1. The molecule has 1 amide bonds. The van der Waals surface area contributed by atoms with Crippen LogP contribution in [0.4, 0.5) is 5.69 Å². The summed E-state index contributed by atoms with van der Waals surface area (Å²) in [5, 5.41) is 2.72. The highest BCUT2D eigenvalue weighted by molar-refractivity contribution is 5.95. The number of benzene rings is 1. The van der Waals surface area contributed by atoms with Crippen LogP contribution >= 0.6 is 0 Å². The third-order valence-corrected chi connectivity index (χ3v) is 2.93. The second-order valence-corrected chi connectivity index (χ2v) is 4.64. The molecular weight excluding hydrogens is 274 g/mol. The van der Waals surface area contributed by atoms with E-state index in [0.717, 1.165) is 6.42 Å². The quantitative estimate of drug-likeness (QED) is 0.835. The number of ether oxygens (including phenoxy) is 3. The Morgan fingerprint density at radius 1 is 1.29 bits per heavy atom. The fraction of sp³-hybridized carbons (Fsp3) is 0.467. The molecule has 6 nitrogen and oxygen atoms in total. The molecule has 21 heavy (non-hydrogen) atoms. The fourth-order valence-electron chi connectivity index (χ4n) is 1.83. The lowest BCUT2D eigenvalue weighted by molar-refractivity contribution is -0.142. The van der Waals surface area contributed by atoms with Crippen LogP contribution in [-0.2, 0) is 19.0 Å². The van der Waals surface area contributed by atoms with E-state index < -0.39 is 6.10 Å². The van der Waals surface area contributed by atoms with E-state index in [1.54, 1.807) is 24.3 Å². The van der Waals surface area contributed by atoms with Gasteiger partial charge in [-0.2, -0.15) is 0 Å². The highest BCUT2D eigenvalue weighted by Gasteiger charge is 2.22. The molecular formula is C15H19NO5. The topological polar surface area (TPSA) is 73.9 Å². The number of anilines is 1. The fourth-order valence-corrected chi connectivity index (χ4v) is 1.83. The lowest BCUT2D eigenvalue weighted by Crippen LogP contribution is -2.39. The summed E-state index contributed by atoms with van der Waals surface area (Å²) < 4.78 is 15.5. The Morgan fingerprint density at radius 2 is 2.05 bits per heavy atom. The van der Waals surface area contributed by atoms with Crippen LogP contribution in [0.5, 0.6) is 0 Å². The number of amides is 1. The van der Waals surface area contributed by atoms with Crippen LogP contribution in [0.2, 0.25) is 0 Å². The molecule has 0 aromatic heterocycles. The van der Waals surface area contributed by atoms with Crippen LogP contribution < -0.4 is 5.32 Å². The van der Waals surface area contributed by atoms with E-state index in [9.17, 15) is 9.59 Å². The van der Waals surface area contributed by atoms with Crippen molar-refractivity contribution < 1.29 is 23.8 Å². The van der Waals surface area contributed by atoms with Gasteiger partial charge in [-0.3, -0.25) is 4.79 Å². The molecule has 1 aliphatic heterocycles. The van der Waals surface area contributed by atoms with Gasteiger partial charge in [0.25, 0.3) is 5.91 Å². The lowest BCUT2D eigenvalue weighted by Gasteiger charge is -2.22. The minimum Gasteiger partial charge on any atom is -0.462 e. The number of hydrogen-bond acceptors (Lipinski definition) is 5. The number of hydrogen-bond donors (Lipinski definition) is 1. The number of carbonyl (C=O) groups excluding carboxylic acids is 2. The number of nitrogens with one attached hydrogen (secondary N) is 1. The summed E-state index contributed by atoms with van der Waals surface area (Å²) in [6, 6.07) is 6.55. The van der Waals surface area contributed by atoms with Crippen molar-refractivity contribution in [3.8, 4) is 0 Å². The van der Waals surface area contributed by atoms with E-state index in [4.69, 9.17) is 14.2 Å². The molecule has 1 atom stereocenters. The molecule has 0 spiro atoms. The molecule has 1 aliphatic rings. The molecule has 1 aromatic carbocycles. The molecule has 1 aromatic rings. The van der Waals surface area contributed by atoms with Gasteiger partial charge in [0.1, 0.15) is 0 Å². The van der Waals surface area contributed by atoms with Crippen molar-refractivity contribution in [2.75, 3.05) is 31.7 Å². The second kappa shape index (κ2) is 7.75. The minimum absolute atomic E-state index is 0.254. The predicted octanol–water partition coefficient (Wildman–Crippen LogP) is 1.61. The van der Waals surface area contributed by atoms with Crippen molar-refractivity contribution in [1.29, 1.82) is 0 Å². The van der Waals surface area contributed by atoms with Gasteiger partial charge in [0, 0.05) is 5.69 Å². The summed E-state index contributed by atoms with van der Waals surface area (Å²) in [6.45, 7) is 3.52. The zero-order valence-corrected chi connectivity index (χ0v) is 12.0. The van der Waals surface area contributed by atoms with Gasteiger partial charge in [-0.1, -0.05) is 6.92 Å². The summed E-state index contributed by atoms with van der Waals surface area (Å²) >= 11 is 0. The first-order valence-electron chi connectivity index (χ1n) is 6.98. The summed E-state index contributed by atoms with van der Waals surface area (Å²) in [5.41, 5.74) is 1.06. The average molecular weight is 293 g/mol. The number of rotatable bonds is 5. The maximum Gasteiger partial charge on any atom is 0.338 e. The van der Waals surface area contributed by atoms with Crippen molar-refractivity contribution in [2.45, 2.75) is 19.4 Å². The highest BCUT2D eigenvalue weighted by Crippen LogP contribution is 2.12. The molecule has 2 rings (SSSR count). The first-order chi connectivity index (χ1) is 10.2. The van der Waals surface area contributed by atoms with Crippen LogP contribution in [0, 0.1) is 0 Å². The van der Waals surface area contributed by atoms with E-state index >= 15 is 0 Å². The maximum absolute atomic E-state index is 11.9. The lowest BCUT2D eigenvalue weighted by atomic mass is 10.2. The van der Waals surface area contributed by atoms with Gasteiger partial charge in [-0.15, -0.1) is 0 Å². The third kappa shape index (κ3) is 4.54. The van der Waals surface area contributed by atoms with Gasteiger partial charge in [0.05, 0.1) is 32.0 Å². The average Bonchev–Trinajstić information content (AvgIpc) is 2.54. The Bertz CT molecular complexity index is 479. The molecule has 0 saturated carbocycles. The van der Waals surface area contributed by atoms with E-state index in [-0.39, 0.29) is 18.5 Å². The first-order valence-corrected chi connectivity index (χ1v) is 6.98. The molecule has 0 bridgehead atoms. The van der Waals surface area contributed by atoms with Gasteiger partial charge in [-0.05, 0) is 30.7 Å². The van der Waals surface area contributed by atoms with Crippen molar-refractivity contribution in [3.63, 3.8) is 0 Å². The highest BCUT2D eigenvalue weighted by atomic mass is 16.6. The Morgan fingerprint density at radius 3 is 2.67 bits per heavy atom. The molecule has 0 aliphatic carbocycles. The molecule has 1 unspecified atom stereocenters. The minimum atomic E-state index is -0.590. The Labute approximate surface area is 123 Å². The summed E-state index contributed by atoms with van der Waals surface area (Å²) in [5.74, 6) is -0.616. The van der Waals surface area contributed by atoms with Crippen molar-refractivity contribution in [3.05, 3.63) is 29.8 Å². The SMILES string of the molecule is CCCOC(=O)c1ccc(NC(=O)C2COCCO2)cc1. The van der Waals surface area contributed by atoms with Gasteiger partial charge >= 0.3 is 5.97 Å². The largest absolute Gasteiger partial charge is 0.462 e. The van der Waals surface area contributed by atoms with E-state index in [2.05, 4.69) is 5.32 Å². The molecule has 1 fully saturated rings. The van der Waals surface area contributed by atoms with Gasteiger partial charge in [0.15, 0.2) is 6.10 Å². The van der Waals surface area contributed by atoms with Crippen molar-refractivity contribution in [2.24, 2.45) is 0 Å². The smallest absolute Gasteiger partial charge is 0.338 e. The van der Waals surface area contributed by atoms with Crippen LogP contribution in [0.1, 0.15) is 23.7 Å². The zero-order chi connectivity index (χ0) is 15.1. The first kappa shape index (κ1) is 15.5. The van der Waals surface area contributed by atoms with Gasteiger partial charge in [0.2, 0.25) is 0 Å². The molecule has 1 saturated heterocycles. The van der Waals surface area contributed by atoms with E-state index in [0.29, 0.717) is 31.1 Å².